The Morgan fingerprint density at radius 1 is 1.19 bits per heavy atom. The Labute approximate surface area is 122 Å². The van der Waals surface area contributed by atoms with Crippen LogP contribution in [0.1, 0.15) is 6.42 Å². The smallest absolute Gasteiger partial charge is 0.267 e. The zero-order valence-corrected chi connectivity index (χ0v) is 11.5. The number of benzene rings is 1. The van der Waals surface area contributed by atoms with Gasteiger partial charge in [-0.3, -0.25) is 9.59 Å². The molecular weight excluding hydrogens is 270 g/mol. The number of hydrogen-bond acceptors (Lipinski definition) is 4. The lowest BCUT2D eigenvalue weighted by molar-refractivity contribution is -0.121. The molecule has 0 spiro atoms. The molecule has 0 aliphatic rings. The zero-order chi connectivity index (χ0) is 15.1. The molecule has 1 aromatic heterocycles. The van der Waals surface area contributed by atoms with Crippen molar-refractivity contribution >= 4 is 5.91 Å². The van der Waals surface area contributed by atoms with Crippen LogP contribution in [-0.2, 0) is 11.3 Å². The van der Waals surface area contributed by atoms with E-state index in [9.17, 15) is 9.59 Å². The van der Waals surface area contributed by atoms with Crippen LogP contribution in [0.5, 0.6) is 0 Å². The fourth-order valence-corrected chi connectivity index (χ4v) is 1.82. The average Bonchev–Trinajstić information content (AvgIpc) is 2.51. The maximum Gasteiger partial charge on any atom is 0.267 e. The minimum absolute atomic E-state index is 0.0158. The van der Waals surface area contributed by atoms with Gasteiger partial charge < -0.3 is 10.4 Å². The number of carbonyl (C=O) groups excluding carboxylic acids is 1. The molecule has 1 amide bonds. The van der Waals surface area contributed by atoms with Gasteiger partial charge in [0.1, 0.15) is 6.54 Å². The second-order valence-electron chi connectivity index (χ2n) is 4.51. The summed E-state index contributed by atoms with van der Waals surface area (Å²) in [4.78, 5) is 23.4. The number of carbonyl (C=O) groups is 1. The number of rotatable bonds is 6. The van der Waals surface area contributed by atoms with Crippen molar-refractivity contribution in [1.29, 1.82) is 0 Å². The first-order valence-corrected chi connectivity index (χ1v) is 6.72. The van der Waals surface area contributed by atoms with E-state index in [0.29, 0.717) is 18.7 Å². The fourth-order valence-electron chi connectivity index (χ4n) is 1.82. The monoisotopic (exact) mass is 287 g/mol. The summed E-state index contributed by atoms with van der Waals surface area (Å²) in [5, 5.41) is 15.5. The molecular formula is C15H17N3O3. The van der Waals surface area contributed by atoms with Crippen LogP contribution >= 0.6 is 0 Å². The van der Waals surface area contributed by atoms with Crippen LogP contribution in [0.4, 0.5) is 0 Å². The van der Waals surface area contributed by atoms with Gasteiger partial charge in [0.05, 0.1) is 5.69 Å². The molecule has 6 nitrogen and oxygen atoms in total. The lowest BCUT2D eigenvalue weighted by atomic mass is 10.1. The molecule has 0 aliphatic heterocycles. The molecule has 0 bridgehead atoms. The van der Waals surface area contributed by atoms with Crippen molar-refractivity contribution in [2.45, 2.75) is 13.0 Å². The highest BCUT2D eigenvalue weighted by Gasteiger charge is 2.07. The van der Waals surface area contributed by atoms with Gasteiger partial charge in [-0.05, 0) is 12.5 Å². The van der Waals surface area contributed by atoms with Crippen molar-refractivity contribution in [3.05, 3.63) is 52.8 Å². The number of aliphatic hydroxyl groups excluding tert-OH is 1. The maximum atomic E-state index is 11.7. The molecule has 2 rings (SSSR count). The van der Waals surface area contributed by atoms with E-state index in [2.05, 4.69) is 10.4 Å². The highest BCUT2D eigenvalue weighted by atomic mass is 16.3. The Morgan fingerprint density at radius 2 is 1.95 bits per heavy atom. The van der Waals surface area contributed by atoms with Gasteiger partial charge in [-0.15, -0.1) is 0 Å². The Morgan fingerprint density at radius 3 is 2.67 bits per heavy atom. The predicted octanol–water partition coefficient (Wildman–Crippen LogP) is 0.409. The molecule has 110 valence electrons. The van der Waals surface area contributed by atoms with Crippen molar-refractivity contribution in [3.63, 3.8) is 0 Å². The third kappa shape index (κ3) is 4.25. The molecule has 1 heterocycles. The molecule has 0 saturated heterocycles. The van der Waals surface area contributed by atoms with Crippen molar-refractivity contribution in [2.75, 3.05) is 13.2 Å². The summed E-state index contributed by atoms with van der Waals surface area (Å²) < 4.78 is 1.14. The Bertz CT molecular complexity index is 653. The lowest BCUT2D eigenvalue weighted by Crippen LogP contribution is -2.34. The quantitative estimate of drug-likeness (QED) is 0.754. The molecule has 2 aromatic rings. The van der Waals surface area contributed by atoms with Gasteiger partial charge in [0, 0.05) is 24.8 Å². The van der Waals surface area contributed by atoms with E-state index in [1.807, 2.05) is 30.3 Å². The summed E-state index contributed by atoms with van der Waals surface area (Å²) in [5.41, 5.74) is 1.19. The Hall–Kier alpha value is -2.47. The van der Waals surface area contributed by atoms with Gasteiger partial charge in [-0.25, -0.2) is 4.68 Å². The van der Waals surface area contributed by atoms with E-state index >= 15 is 0 Å². The molecule has 21 heavy (non-hydrogen) atoms. The SMILES string of the molecule is O=C(Cn1nc(-c2ccccc2)ccc1=O)NCCCO. The topological polar surface area (TPSA) is 84.2 Å². The molecule has 0 atom stereocenters. The molecule has 0 unspecified atom stereocenters. The van der Waals surface area contributed by atoms with Crippen LogP contribution in [0, 0.1) is 0 Å². The first kappa shape index (κ1) is 14.9. The molecule has 0 radical (unpaired) electrons. The van der Waals surface area contributed by atoms with Crippen molar-refractivity contribution in [3.8, 4) is 11.3 Å². The normalized spacial score (nSPS) is 10.3. The van der Waals surface area contributed by atoms with E-state index in [1.165, 1.54) is 6.07 Å². The van der Waals surface area contributed by atoms with Gasteiger partial charge in [0.2, 0.25) is 5.91 Å². The second-order valence-corrected chi connectivity index (χ2v) is 4.51. The first-order valence-electron chi connectivity index (χ1n) is 6.72. The summed E-state index contributed by atoms with van der Waals surface area (Å²) in [7, 11) is 0. The largest absolute Gasteiger partial charge is 0.396 e. The summed E-state index contributed by atoms with van der Waals surface area (Å²) in [6.07, 6.45) is 0.484. The van der Waals surface area contributed by atoms with Gasteiger partial charge >= 0.3 is 0 Å². The van der Waals surface area contributed by atoms with Crippen LogP contribution in [-0.4, -0.2) is 33.9 Å². The Balaban J connectivity index is 2.13. The lowest BCUT2D eigenvalue weighted by Gasteiger charge is -2.07. The maximum absolute atomic E-state index is 11.7. The van der Waals surface area contributed by atoms with E-state index in [4.69, 9.17) is 5.11 Å². The number of aliphatic hydroxyl groups is 1. The van der Waals surface area contributed by atoms with Crippen LogP contribution < -0.4 is 10.9 Å². The second kappa shape index (κ2) is 7.35. The summed E-state index contributed by atoms with van der Waals surface area (Å²) in [6.45, 7) is 0.259. The van der Waals surface area contributed by atoms with Crippen LogP contribution in [0.3, 0.4) is 0 Å². The number of nitrogens with one attached hydrogen (secondary N) is 1. The molecule has 0 fully saturated rings. The highest BCUT2D eigenvalue weighted by molar-refractivity contribution is 5.75. The number of nitrogens with zero attached hydrogens (tertiary/aromatic N) is 2. The van der Waals surface area contributed by atoms with E-state index in [0.717, 1.165) is 10.2 Å². The molecule has 1 aromatic carbocycles. The van der Waals surface area contributed by atoms with Crippen molar-refractivity contribution in [2.24, 2.45) is 0 Å². The van der Waals surface area contributed by atoms with Gasteiger partial charge in [0.25, 0.3) is 5.56 Å². The fraction of sp³-hybridized carbons (Fsp3) is 0.267. The van der Waals surface area contributed by atoms with Gasteiger partial charge in [-0.2, -0.15) is 5.10 Å². The minimum atomic E-state index is -0.327. The van der Waals surface area contributed by atoms with Crippen LogP contribution in [0.2, 0.25) is 0 Å². The Kier molecular flexibility index (Phi) is 5.22. The number of aromatic nitrogens is 2. The molecule has 0 saturated carbocycles. The third-order valence-electron chi connectivity index (χ3n) is 2.89. The summed E-state index contributed by atoms with van der Waals surface area (Å²) in [5.74, 6) is -0.303. The highest BCUT2D eigenvalue weighted by Crippen LogP contribution is 2.13. The van der Waals surface area contributed by atoms with E-state index in [-0.39, 0.29) is 24.6 Å². The van der Waals surface area contributed by atoms with Crippen LogP contribution in [0.25, 0.3) is 11.3 Å². The van der Waals surface area contributed by atoms with E-state index < -0.39 is 0 Å². The van der Waals surface area contributed by atoms with Crippen molar-refractivity contribution < 1.29 is 9.90 Å². The summed E-state index contributed by atoms with van der Waals surface area (Å²) in [6, 6.07) is 12.5. The van der Waals surface area contributed by atoms with Crippen molar-refractivity contribution in [1.82, 2.24) is 15.1 Å². The van der Waals surface area contributed by atoms with E-state index in [1.54, 1.807) is 6.07 Å². The third-order valence-corrected chi connectivity index (χ3v) is 2.89. The number of hydrogen-bond donors (Lipinski definition) is 2. The summed E-state index contributed by atoms with van der Waals surface area (Å²) >= 11 is 0. The van der Waals surface area contributed by atoms with Gasteiger partial charge in [0.15, 0.2) is 0 Å². The van der Waals surface area contributed by atoms with Crippen LogP contribution in [0.15, 0.2) is 47.3 Å². The standard InChI is InChI=1S/C15H17N3O3/c19-10-4-9-16-14(20)11-18-15(21)8-7-13(17-18)12-5-2-1-3-6-12/h1-3,5-8,19H,4,9-11H2,(H,16,20). The minimum Gasteiger partial charge on any atom is -0.396 e. The van der Waals surface area contributed by atoms with Gasteiger partial charge in [-0.1, -0.05) is 30.3 Å². The zero-order valence-electron chi connectivity index (χ0n) is 11.5. The number of amides is 1. The predicted molar refractivity (Wildman–Crippen MR) is 78.6 cm³/mol. The molecule has 2 N–H and O–H groups in total. The molecule has 6 heteroatoms. The first-order chi connectivity index (χ1) is 10.2. The molecule has 0 aliphatic carbocycles. The average molecular weight is 287 g/mol.